The van der Waals surface area contributed by atoms with Crippen LogP contribution >= 0.6 is 0 Å². The normalized spacial score (nSPS) is 22.2. The lowest BCUT2D eigenvalue weighted by Crippen LogP contribution is -2.62. The van der Waals surface area contributed by atoms with Gasteiger partial charge in [-0.25, -0.2) is 9.59 Å². The van der Waals surface area contributed by atoms with Crippen LogP contribution in [0.4, 0.5) is 9.59 Å². The minimum atomic E-state index is -1.42. The second kappa shape index (κ2) is 14.7. The van der Waals surface area contributed by atoms with Gasteiger partial charge in [0.05, 0.1) is 0 Å². The number of ether oxygens (including phenoxy) is 8. The Hall–Kier alpha value is -4.16. The van der Waals surface area contributed by atoms with Crippen molar-refractivity contribution in [1.29, 1.82) is 0 Å². The van der Waals surface area contributed by atoms with Crippen molar-refractivity contribution in [3.63, 3.8) is 0 Å². The van der Waals surface area contributed by atoms with Gasteiger partial charge in [0, 0.05) is 21.0 Å². The molecule has 0 aliphatic carbocycles. The van der Waals surface area contributed by atoms with E-state index in [1.165, 1.54) is 7.11 Å². The number of hydrogen-bond acceptors (Lipinski definition) is 12. The maximum atomic E-state index is 12.6. The molecular formula is C27H30O12. The predicted octanol–water partition coefficient (Wildman–Crippen LogP) is 3.30. The summed E-state index contributed by atoms with van der Waals surface area (Å²) in [5, 5.41) is 0. The number of methoxy groups -OCH3 is 1. The highest BCUT2D eigenvalue weighted by Gasteiger charge is 2.53. The fraction of sp³-hybridized carbons (Fsp3) is 0.407. The molecule has 1 saturated heterocycles. The summed E-state index contributed by atoms with van der Waals surface area (Å²) < 4.78 is 42.7. The van der Waals surface area contributed by atoms with Crippen LogP contribution < -0.4 is 0 Å². The van der Waals surface area contributed by atoms with Gasteiger partial charge in [0.1, 0.15) is 25.9 Å². The van der Waals surface area contributed by atoms with Crippen molar-refractivity contribution in [2.45, 2.75) is 57.8 Å². The smallest absolute Gasteiger partial charge is 0.454 e. The Bertz CT molecular complexity index is 1090. The van der Waals surface area contributed by atoms with Gasteiger partial charge in [0.25, 0.3) is 0 Å². The summed E-state index contributed by atoms with van der Waals surface area (Å²) in [6, 6.07) is 17.8. The van der Waals surface area contributed by atoms with Crippen molar-refractivity contribution in [1.82, 2.24) is 0 Å². The Kier molecular flexibility index (Phi) is 11.1. The molecule has 0 aromatic heterocycles. The third-order valence-electron chi connectivity index (χ3n) is 5.42. The summed E-state index contributed by atoms with van der Waals surface area (Å²) in [4.78, 5) is 48.6. The molecule has 1 heterocycles. The van der Waals surface area contributed by atoms with E-state index in [2.05, 4.69) is 0 Å². The zero-order chi connectivity index (χ0) is 28.2. The molecule has 12 heteroatoms. The number of benzene rings is 2. The van der Waals surface area contributed by atoms with Gasteiger partial charge in [-0.2, -0.15) is 0 Å². The standard InChI is InChI=1S/C27H30O12/c1-17(28)36-23-22(39-27(31)34-15-20-12-8-5-9-13-20)21(38-25(32-3)24(23)37-18(2)29)16-35-26(30)33-14-19-10-6-4-7-11-19/h4-13,21-25H,14-16H2,1-3H3/t21-,22-,23+,24-,25+/m1/s1. The number of esters is 2. The summed E-state index contributed by atoms with van der Waals surface area (Å²) in [5.74, 6) is -1.49. The van der Waals surface area contributed by atoms with Crippen LogP contribution in [-0.4, -0.2) is 68.7 Å². The lowest BCUT2D eigenvalue weighted by molar-refractivity contribution is -0.301. The Balaban J connectivity index is 1.75. The average Bonchev–Trinajstić information content (AvgIpc) is 2.92. The Labute approximate surface area is 225 Å². The summed E-state index contributed by atoms with van der Waals surface area (Å²) >= 11 is 0. The van der Waals surface area contributed by atoms with E-state index >= 15 is 0 Å². The summed E-state index contributed by atoms with van der Waals surface area (Å²) in [5.41, 5.74) is 1.44. The van der Waals surface area contributed by atoms with Crippen molar-refractivity contribution in [2.24, 2.45) is 0 Å². The molecule has 39 heavy (non-hydrogen) atoms. The molecule has 0 unspecified atom stereocenters. The molecule has 0 saturated carbocycles. The van der Waals surface area contributed by atoms with Crippen LogP contribution in [0.3, 0.4) is 0 Å². The van der Waals surface area contributed by atoms with Gasteiger partial charge in [-0.15, -0.1) is 0 Å². The summed E-state index contributed by atoms with van der Waals surface area (Å²) in [7, 11) is 1.27. The van der Waals surface area contributed by atoms with E-state index in [0.29, 0.717) is 5.56 Å². The molecule has 1 aliphatic rings. The first kappa shape index (κ1) is 29.4. The van der Waals surface area contributed by atoms with Crippen molar-refractivity contribution in [3.05, 3.63) is 71.8 Å². The maximum absolute atomic E-state index is 12.6. The van der Waals surface area contributed by atoms with Crippen LogP contribution in [-0.2, 0) is 60.7 Å². The van der Waals surface area contributed by atoms with Gasteiger partial charge < -0.3 is 37.9 Å². The van der Waals surface area contributed by atoms with Crippen LogP contribution in [0.25, 0.3) is 0 Å². The molecular weight excluding hydrogens is 516 g/mol. The minimum absolute atomic E-state index is 0.0395. The van der Waals surface area contributed by atoms with E-state index in [1.807, 2.05) is 12.1 Å². The molecule has 0 spiro atoms. The SMILES string of the molecule is CO[C@H]1O[C@H](COC(=O)OCc2ccccc2)[C@@H](OC(=O)OCc2ccccc2)[C@H](OC(C)=O)[C@H]1OC(C)=O. The zero-order valence-electron chi connectivity index (χ0n) is 21.7. The molecule has 0 amide bonds. The first-order chi connectivity index (χ1) is 18.8. The molecule has 0 radical (unpaired) electrons. The third-order valence-corrected chi connectivity index (χ3v) is 5.42. The van der Waals surface area contributed by atoms with Gasteiger partial charge in [0.2, 0.25) is 0 Å². The molecule has 5 atom stereocenters. The molecule has 12 nitrogen and oxygen atoms in total. The molecule has 2 aromatic rings. The van der Waals surface area contributed by atoms with Crippen molar-refractivity contribution < 1.29 is 57.1 Å². The van der Waals surface area contributed by atoms with Crippen LogP contribution in [0.5, 0.6) is 0 Å². The number of hydrogen-bond donors (Lipinski definition) is 0. The van der Waals surface area contributed by atoms with Gasteiger partial charge >= 0.3 is 24.2 Å². The number of carbonyl (C=O) groups excluding carboxylic acids is 4. The fourth-order valence-electron chi connectivity index (χ4n) is 3.76. The topological polar surface area (TPSA) is 142 Å². The Morgan fingerprint density at radius 1 is 0.667 bits per heavy atom. The third kappa shape index (κ3) is 9.27. The highest BCUT2D eigenvalue weighted by Crippen LogP contribution is 2.30. The van der Waals surface area contributed by atoms with Gasteiger partial charge in [-0.3, -0.25) is 9.59 Å². The van der Waals surface area contributed by atoms with E-state index in [9.17, 15) is 19.2 Å². The largest absolute Gasteiger partial charge is 0.509 e. The lowest BCUT2D eigenvalue weighted by Gasteiger charge is -2.43. The Morgan fingerprint density at radius 2 is 1.18 bits per heavy atom. The van der Waals surface area contributed by atoms with E-state index in [-0.39, 0.29) is 13.2 Å². The van der Waals surface area contributed by atoms with E-state index in [0.717, 1.165) is 19.4 Å². The number of rotatable bonds is 10. The first-order valence-electron chi connectivity index (χ1n) is 12.0. The Morgan fingerprint density at radius 3 is 1.69 bits per heavy atom. The summed E-state index contributed by atoms with van der Waals surface area (Å²) in [6.45, 7) is 1.63. The van der Waals surface area contributed by atoms with Gasteiger partial charge in [-0.1, -0.05) is 60.7 Å². The minimum Gasteiger partial charge on any atom is -0.454 e. The lowest BCUT2D eigenvalue weighted by atomic mass is 9.98. The average molecular weight is 547 g/mol. The first-order valence-corrected chi connectivity index (χ1v) is 12.0. The van der Waals surface area contributed by atoms with E-state index < -0.39 is 61.6 Å². The van der Waals surface area contributed by atoms with Crippen LogP contribution in [0.15, 0.2) is 60.7 Å². The highest BCUT2D eigenvalue weighted by molar-refractivity contribution is 5.68. The van der Waals surface area contributed by atoms with Crippen LogP contribution in [0.2, 0.25) is 0 Å². The zero-order valence-corrected chi connectivity index (χ0v) is 21.7. The van der Waals surface area contributed by atoms with E-state index in [1.54, 1.807) is 48.5 Å². The quantitative estimate of drug-likeness (QED) is 0.319. The molecule has 3 rings (SSSR count). The molecule has 0 bridgehead atoms. The van der Waals surface area contributed by atoms with Gasteiger partial charge in [-0.05, 0) is 11.1 Å². The number of carbonyl (C=O) groups is 4. The molecule has 1 aliphatic heterocycles. The second-order valence-electron chi connectivity index (χ2n) is 8.37. The molecule has 210 valence electrons. The second-order valence-corrected chi connectivity index (χ2v) is 8.37. The van der Waals surface area contributed by atoms with E-state index in [4.69, 9.17) is 37.9 Å². The maximum Gasteiger partial charge on any atom is 0.509 e. The van der Waals surface area contributed by atoms with Crippen molar-refractivity contribution in [2.75, 3.05) is 13.7 Å². The molecule has 2 aromatic carbocycles. The predicted molar refractivity (Wildman–Crippen MR) is 131 cm³/mol. The van der Waals surface area contributed by atoms with Crippen LogP contribution in [0, 0.1) is 0 Å². The van der Waals surface area contributed by atoms with Crippen molar-refractivity contribution >= 4 is 24.2 Å². The molecule has 0 N–H and O–H groups in total. The highest BCUT2D eigenvalue weighted by atomic mass is 16.8. The van der Waals surface area contributed by atoms with Gasteiger partial charge in [0.15, 0.2) is 24.6 Å². The molecule has 1 fully saturated rings. The monoisotopic (exact) mass is 546 g/mol. The summed E-state index contributed by atoms with van der Waals surface area (Å²) in [6.07, 6.45) is -8.75. The fourth-order valence-corrected chi connectivity index (χ4v) is 3.76. The van der Waals surface area contributed by atoms with Crippen LogP contribution in [0.1, 0.15) is 25.0 Å². The van der Waals surface area contributed by atoms with Crippen molar-refractivity contribution in [3.8, 4) is 0 Å².